The van der Waals surface area contributed by atoms with Gasteiger partial charge in [-0.2, -0.15) is 0 Å². The molecule has 3 rings (SSSR count). The Bertz CT molecular complexity index is 1150. The summed E-state index contributed by atoms with van der Waals surface area (Å²) in [4.78, 5) is 12.7. The first-order valence-electron chi connectivity index (χ1n) is 9.81. The zero-order chi connectivity index (χ0) is 23.1. The van der Waals surface area contributed by atoms with Crippen LogP contribution in [0.5, 0.6) is 11.5 Å². The Balaban J connectivity index is 1.64. The minimum Gasteiger partial charge on any atom is -0.497 e. The van der Waals surface area contributed by atoms with Crippen LogP contribution in [0.4, 0.5) is 11.4 Å². The van der Waals surface area contributed by atoms with Crippen molar-refractivity contribution in [2.75, 3.05) is 17.1 Å². The zero-order valence-electron chi connectivity index (χ0n) is 17.5. The maximum atomic E-state index is 12.6. The fourth-order valence-electron chi connectivity index (χ4n) is 2.81. The highest BCUT2D eigenvalue weighted by Gasteiger charge is 2.19. The summed E-state index contributed by atoms with van der Waals surface area (Å²) >= 11 is 3.31. The van der Waals surface area contributed by atoms with Gasteiger partial charge < -0.3 is 14.8 Å². The van der Waals surface area contributed by atoms with Gasteiger partial charge in [0.25, 0.3) is 15.9 Å². The Morgan fingerprint density at radius 1 is 0.906 bits per heavy atom. The molecular formula is C23H23BrN2O5S. The van der Waals surface area contributed by atoms with Crippen molar-refractivity contribution in [3.8, 4) is 11.5 Å². The van der Waals surface area contributed by atoms with E-state index in [1.165, 1.54) is 24.3 Å². The molecule has 0 bridgehead atoms. The third kappa shape index (κ3) is 6.24. The van der Waals surface area contributed by atoms with Crippen molar-refractivity contribution in [3.63, 3.8) is 0 Å². The number of nitrogens with one attached hydrogen (secondary N) is 2. The summed E-state index contributed by atoms with van der Waals surface area (Å²) in [6.45, 7) is 1.84. The Morgan fingerprint density at radius 3 is 2.03 bits per heavy atom. The molecule has 1 atom stereocenters. The van der Waals surface area contributed by atoms with E-state index in [0.717, 1.165) is 4.47 Å². The number of rotatable bonds is 9. The molecule has 0 radical (unpaired) electrons. The summed E-state index contributed by atoms with van der Waals surface area (Å²) in [5.74, 6) is 0.916. The molecule has 0 spiro atoms. The Morgan fingerprint density at radius 2 is 1.47 bits per heavy atom. The number of amides is 1. The number of hydrogen-bond acceptors (Lipinski definition) is 5. The van der Waals surface area contributed by atoms with Gasteiger partial charge in [-0.3, -0.25) is 9.52 Å². The van der Waals surface area contributed by atoms with Crippen molar-refractivity contribution in [3.05, 3.63) is 77.3 Å². The molecule has 0 unspecified atom stereocenters. The molecule has 0 aromatic heterocycles. The molecule has 0 aliphatic heterocycles. The highest BCUT2D eigenvalue weighted by molar-refractivity contribution is 9.10. The van der Waals surface area contributed by atoms with Crippen molar-refractivity contribution in [1.82, 2.24) is 0 Å². The minimum absolute atomic E-state index is 0.0833. The topological polar surface area (TPSA) is 93.7 Å². The van der Waals surface area contributed by atoms with Crippen molar-refractivity contribution in [1.29, 1.82) is 0 Å². The Hall–Kier alpha value is -3.04. The average molecular weight is 519 g/mol. The standard InChI is InChI=1S/C23H23BrN2O5S/c1-3-22(31-20-12-10-19(30-2)11-13-20)23(27)25-17-8-14-21(15-9-17)32(28,29)26-18-6-4-16(24)5-7-18/h4-15,22,26H,3H2,1-2H3,(H,25,27)/t22-/m0/s1. The van der Waals surface area contributed by atoms with Crippen LogP contribution < -0.4 is 19.5 Å². The number of carbonyl (C=O) groups is 1. The first-order chi connectivity index (χ1) is 15.3. The molecule has 3 aromatic carbocycles. The van der Waals surface area contributed by atoms with Gasteiger partial charge in [0.1, 0.15) is 11.5 Å². The lowest BCUT2D eigenvalue weighted by Crippen LogP contribution is -2.32. The summed E-state index contributed by atoms with van der Waals surface area (Å²) in [6, 6.07) is 19.7. The normalized spacial score (nSPS) is 12.0. The fraction of sp³-hybridized carbons (Fsp3) is 0.174. The largest absolute Gasteiger partial charge is 0.497 e. The molecule has 0 aliphatic carbocycles. The molecule has 9 heteroatoms. The van der Waals surface area contributed by atoms with Gasteiger partial charge in [0.15, 0.2) is 6.10 Å². The van der Waals surface area contributed by atoms with E-state index in [4.69, 9.17) is 9.47 Å². The van der Waals surface area contributed by atoms with Gasteiger partial charge in [0, 0.05) is 15.8 Å². The highest BCUT2D eigenvalue weighted by Crippen LogP contribution is 2.22. The van der Waals surface area contributed by atoms with Crippen LogP contribution in [0.2, 0.25) is 0 Å². The molecule has 168 valence electrons. The molecule has 2 N–H and O–H groups in total. The van der Waals surface area contributed by atoms with Gasteiger partial charge in [0.05, 0.1) is 12.0 Å². The molecule has 0 saturated carbocycles. The van der Waals surface area contributed by atoms with Gasteiger partial charge in [-0.1, -0.05) is 22.9 Å². The van der Waals surface area contributed by atoms with E-state index in [9.17, 15) is 13.2 Å². The molecule has 0 fully saturated rings. The van der Waals surface area contributed by atoms with E-state index >= 15 is 0 Å². The van der Waals surface area contributed by atoms with Crippen LogP contribution in [-0.2, 0) is 14.8 Å². The molecule has 7 nitrogen and oxygen atoms in total. The van der Waals surface area contributed by atoms with Crippen molar-refractivity contribution >= 4 is 43.2 Å². The van der Waals surface area contributed by atoms with E-state index < -0.39 is 16.1 Å². The van der Waals surface area contributed by atoms with Gasteiger partial charge >= 0.3 is 0 Å². The molecule has 32 heavy (non-hydrogen) atoms. The lowest BCUT2D eigenvalue weighted by molar-refractivity contribution is -0.122. The van der Waals surface area contributed by atoms with E-state index in [0.29, 0.717) is 29.3 Å². The van der Waals surface area contributed by atoms with Gasteiger partial charge in [-0.15, -0.1) is 0 Å². The maximum Gasteiger partial charge on any atom is 0.265 e. The first kappa shape index (κ1) is 23.6. The second-order valence-electron chi connectivity index (χ2n) is 6.82. The van der Waals surface area contributed by atoms with Crippen LogP contribution in [0.25, 0.3) is 0 Å². The summed E-state index contributed by atoms with van der Waals surface area (Å²) in [6.07, 6.45) is -0.243. The minimum atomic E-state index is -3.75. The predicted octanol–water partition coefficient (Wildman–Crippen LogP) is 5.05. The summed E-state index contributed by atoms with van der Waals surface area (Å²) in [5.41, 5.74) is 0.918. The third-order valence-corrected chi connectivity index (χ3v) is 6.46. The van der Waals surface area contributed by atoms with Crippen LogP contribution in [0, 0.1) is 0 Å². The SMILES string of the molecule is CC[C@H](Oc1ccc(OC)cc1)C(=O)Nc1ccc(S(=O)(=O)Nc2ccc(Br)cc2)cc1. The molecule has 0 saturated heterocycles. The van der Waals surface area contributed by atoms with Gasteiger partial charge in [0.2, 0.25) is 0 Å². The monoisotopic (exact) mass is 518 g/mol. The van der Waals surface area contributed by atoms with Crippen LogP contribution in [0.1, 0.15) is 13.3 Å². The summed E-state index contributed by atoms with van der Waals surface area (Å²) in [5, 5.41) is 2.76. The highest BCUT2D eigenvalue weighted by atomic mass is 79.9. The van der Waals surface area contributed by atoms with Crippen molar-refractivity contribution < 1.29 is 22.7 Å². The Labute approximate surface area is 195 Å². The number of sulfonamides is 1. The predicted molar refractivity (Wildman–Crippen MR) is 128 cm³/mol. The number of hydrogen-bond donors (Lipinski definition) is 2. The number of anilines is 2. The van der Waals surface area contributed by atoms with E-state index in [1.54, 1.807) is 55.6 Å². The van der Waals surface area contributed by atoms with Crippen molar-refractivity contribution in [2.45, 2.75) is 24.3 Å². The lowest BCUT2D eigenvalue weighted by Gasteiger charge is -2.17. The average Bonchev–Trinajstić information content (AvgIpc) is 2.79. The Kier molecular flexibility index (Phi) is 7.76. The third-order valence-electron chi connectivity index (χ3n) is 4.53. The summed E-state index contributed by atoms with van der Waals surface area (Å²) in [7, 11) is -2.18. The van der Waals surface area contributed by atoms with Gasteiger partial charge in [-0.25, -0.2) is 8.42 Å². The number of ether oxygens (including phenoxy) is 2. The fourth-order valence-corrected chi connectivity index (χ4v) is 4.14. The molecule has 0 heterocycles. The molecular weight excluding hydrogens is 496 g/mol. The quantitative estimate of drug-likeness (QED) is 0.413. The van der Waals surface area contributed by atoms with Gasteiger partial charge in [-0.05, 0) is 79.2 Å². The number of benzene rings is 3. The first-order valence-corrected chi connectivity index (χ1v) is 12.1. The lowest BCUT2D eigenvalue weighted by atomic mass is 10.2. The second-order valence-corrected chi connectivity index (χ2v) is 9.41. The van der Waals surface area contributed by atoms with Crippen LogP contribution in [0.3, 0.4) is 0 Å². The van der Waals surface area contributed by atoms with Crippen LogP contribution in [0.15, 0.2) is 82.2 Å². The van der Waals surface area contributed by atoms with E-state index in [1.807, 2.05) is 6.92 Å². The number of carbonyl (C=O) groups excluding carboxylic acids is 1. The maximum absolute atomic E-state index is 12.6. The van der Waals surface area contributed by atoms with E-state index in [2.05, 4.69) is 26.0 Å². The van der Waals surface area contributed by atoms with E-state index in [-0.39, 0.29) is 10.8 Å². The zero-order valence-corrected chi connectivity index (χ0v) is 19.9. The van der Waals surface area contributed by atoms with Crippen molar-refractivity contribution in [2.24, 2.45) is 0 Å². The van der Waals surface area contributed by atoms with Crippen LogP contribution in [-0.4, -0.2) is 27.5 Å². The number of halogens is 1. The smallest absolute Gasteiger partial charge is 0.265 e. The second kappa shape index (κ2) is 10.5. The summed E-state index contributed by atoms with van der Waals surface area (Å²) < 4.78 is 39.4. The van der Waals surface area contributed by atoms with Crippen LogP contribution >= 0.6 is 15.9 Å². The number of methoxy groups -OCH3 is 1. The molecule has 3 aromatic rings. The molecule has 0 aliphatic rings. The molecule has 1 amide bonds.